The van der Waals surface area contributed by atoms with Crippen LogP contribution in [0.2, 0.25) is 0 Å². The summed E-state index contributed by atoms with van der Waals surface area (Å²) in [4.78, 5) is 27.4. The number of fused-ring (bicyclic) bond motifs is 1. The van der Waals surface area contributed by atoms with E-state index in [9.17, 15) is 14.0 Å². The number of amides is 2. The molecule has 7 heteroatoms. The first-order valence-corrected chi connectivity index (χ1v) is 11.0. The van der Waals surface area contributed by atoms with Crippen LogP contribution < -0.4 is 10.6 Å². The predicted octanol–water partition coefficient (Wildman–Crippen LogP) is 4.65. The summed E-state index contributed by atoms with van der Waals surface area (Å²) in [7, 11) is 0. The number of carbonyl (C=O) groups excluding carboxylic acids is 2. The minimum atomic E-state index is -0.419. The normalized spacial score (nSPS) is 13.9. The van der Waals surface area contributed by atoms with Crippen LogP contribution in [-0.4, -0.2) is 42.9 Å². The third-order valence-electron chi connectivity index (χ3n) is 5.72. The highest BCUT2D eigenvalue weighted by atomic mass is 19.1. The number of carbonyl (C=O) groups is 2. The van der Waals surface area contributed by atoms with Crippen molar-refractivity contribution in [3.8, 4) is 11.3 Å². The third-order valence-corrected chi connectivity index (χ3v) is 5.72. The van der Waals surface area contributed by atoms with Crippen LogP contribution in [0.1, 0.15) is 35.5 Å². The molecule has 6 nitrogen and oxygen atoms in total. The van der Waals surface area contributed by atoms with Crippen molar-refractivity contribution < 1.29 is 18.4 Å². The zero-order chi connectivity index (χ0) is 23.4. The van der Waals surface area contributed by atoms with E-state index in [1.807, 2.05) is 18.2 Å². The fourth-order valence-electron chi connectivity index (χ4n) is 3.88. The average molecular weight is 448 g/mol. The van der Waals surface area contributed by atoms with Crippen LogP contribution in [0.15, 0.2) is 59.0 Å². The van der Waals surface area contributed by atoms with Gasteiger partial charge in [0.25, 0.3) is 11.8 Å². The molecule has 0 bridgehead atoms. The minimum absolute atomic E-state index is 0.173. The lowest BCUT2D eigenvalue weighted by Crippen LogP contribution is -2.34. The molecular weight excluding hydrogens is 421 g/mol. The molecule has 0 fully saturated rings. The minimum Gasteiger partial charge on any atom is -0.457 e. The zero-order valence-electron chi connectivity index (χ0n) is 18.7. The van der Waals surface area contributed by atoms with Gasteiger partial charge in [0.1, 0.15) is 17.3 Å². The Morgan fingerprint density at radius 1 is 1.09 bits per heavy atom. The summed E-state index contributed by atoms with van der Waals surface area (Å²) >= 11 is 0. The molecule has 0 aliphatic carbocycles. The molecular formula is C26H26FN3O3. The van der Waals surface area contributed by atoms with E-state index < -0.39 is 5.82 Å². The molecule has 2 N–H and O–H groups in total. The molecule has 1 aliphatic heterocycles. The van der Waals surface area contributed by atoms with Crippen molar-refractivity contribution in [1.82, 2.24) is 10.2 Å². The van der Waals surface area contributed by atoms with Crippen molar-refractivity contribution in [2.24, 2.45) is 0 Å². The Kier molecular flexibility index (Phi) is 6.70. The van der Waals surface area contributed by atoms with Gasteiger partial charge in [-0.1, -0.05) is 32.0 Å². The highest BCUT2D eigenvalue weighted by Crippen LogP contribution is 2.34. The van der Waals surface area contributed by atoms with E-state index >= 15 is 0 Å². The highest BCUT2D eigenvalue weighted by Gasteiger charge is 2.25. The Labute approximate surface area is 192 Å². The Morgan fingerprint density at radius 2 is 1.88 bits per heavy atom. The van der Waals surface area contributed by atoms with Crippen molar-refractivity contribution in [3.05, 3.63) is 77.3 Å². The lowest BCUT2D eigenvalue weighted by atomic mass is 10.0. The number of benzene rings is 2. The summed E-state index contributed by atoms with van der Waals surface area (Å²) < 4.78 is 19.6. The predicted molar refractivity (Wildman–Crippen MR) is 127 cm³/mol. The lowest BCUT2D eigenvalue weighted by molar-refractivity contribution is -0.110. The van der Waals surface area contributed by atoms with Crippen LogP contribution in [0.3, 0.4) is 0 Å². The number of hydrogen-bond acceptors (Lipinski definition) is 4. The molecule has 3 aromatic rings. The van der Waals surface area contributed by atoms with Gasteiger partial charge in [-0.3, -0.25) is 9.59 Å². The summed E-state index contributed by atoms with van der Waals surface area (Å²) in [5.41, 5.74) is 2.55. The summed E-state index contributed by atoms with van der Waals surface area (Å²) in [6.45, 7) is 7.38. The average Bonchev–Trinajstić information content (AvgIpc) is 3.41. The second kappa shape index (κ2) is 9.83. The first kappa shape index (κ1) is 22.5. The van der Waals surface area contributed by atoms with Gasteiger partial charge in [0.15, 0.2) is 0 Å². The molecule has 0 saturated carbocycles. The molecule has 1 aliphatic rings. The van der Waals surface area contributed by atoms with Crippen molar-refractivity contribution in [3.63, 3.8) is 0 Å². The van der Waals surface area contributed by atoms with Crippen LogP contribution >= 0.6 is 0 Å². The van der Waals surface area contributed by atoms with E-state index in [2.05, 4.69) is 29.4 Å². The Bertz CT molecular complexity index is 1210. The molecule has 0 radical (unpaired) electrons. The molecule has 33 heavy (non-hydrogen) atoms. The van der Waals surface area contributed by atoms with E-state index in [4.69, 9.17) is 4.42 Å². The van der Waals surface area contributed by atoms with Gasteiger partial charge in [-0.25, -0.2) is 4.39 Å². The fourth-order valence-corrected chi connectivity index (χ4v) is 3.88. The van der Waals surface area contributed by atoms with E-state index in [1.165, 1.54) is 18.2 Å². The largest absolute Gasteiger partial charge is 0.457 e. The van der Waals surface area contributed by atoms with E-state index in [0.29, 0.717) is 46.0 Å². The molecule has 4 rings (SSSR count). The standard InChI is InChI=1S/C26H26FN3O3/c1-3-30(4-2)14-13-28-25(31)20-8-6-5-7-19(20)24-12-10-18(33-24)16-22-21-15-17(27)9-11-23(21)29-26(22)32/h5-12,15-16H,3-4,13-14H2,1-2H3,(H,28,31)(H,29,32)/b22-16+. The van der Waals surface area contributed by atoms with Crippen molar-refractivity contribution in [2.45, 2.75) is 13.8 Å². The first-order valence-electron chi connectivity index (χ1n) is 11.0. The molecule has 2 amide bonds. The van der Waals surface area contributed by atoms with E-state index in [0.717, 1.165) is 19.6 Å². The van der Waals surface area contributed by atoms with Crippen molar-refractivity contribution in [1.29, 1.82) is 0 Å². The van der Waals surface area contributed by atoms with Gasteiger partial charge in [0.2, 0.25) is 0 Å². The number of furan rings is 1. The number of nitrogens with zero attached hydrogens (tertiary/aromatic N) is 1. The summed E-state index contributed by atoms with van der Waals surface area (Å²) in [5, 5.41) is 5.69. The molecule has 0 atom stereocenters. The van der Waals surface area contributed by atoms with Crippen molar-refractivity contribution in [2.75, 3.05) is 31.5 Å². The molecule has 2 aromatic carbocycles. The third kappa shape index (κ3) is 4.88. The number of halogens is 1. The summed E-state index contributed by atoms with van der Waals surface area (Å²) in [5.74, 6) is 0.0330. The van der Waals surface area contributed by atoms with Gasteiger partial charge >= 0.3 is 0 Å². The lowest BCUT2D eigenvalue weighted by Gasteiger charge is -2.18. The smallest absolute Gasteiger partial charge is 0.256 e. The second-order valence-electron chi connectivity index (χ2n) is 7.73. The second-order valence-corrected chi connectivity index (χ2v) is 7.73. The van der Waals surface area contributed by atoms with Gasteiger partial charge in [-0.05, 0) is 55.6 Å². The number of anilines is 1. The SMILES string of the molecule is CCN(CC)CCNC(=O)c1ccccc1-c1ccc(/C=C2/C(=O)Nc3ccc(F)cc32)o1. The summed E-state index contributed by atoms with van der Waals surface area (Å²) in [6, 6.07) is 14.9. The van der Waals surface area contributed by atoms with Crippen molar-refractivity contribution >= 4 is 29.2 Å². The molecule has 0 spiro atoms. The maximum Gasteiger partial charge on any atom is 0.256 e. The molecule has 2 heterocycles. The van der Waals surface area contributed by atoms with Gasteiger partial charge in [0.05, 0.1) is 11.1 Å². The van der Waals surface area contributed by atoms with Gasteiger partial charge in [-0.2, -0.15) is 0 Å². The van der Waals surface area contributed by atoms with Gasteiger partial charge < -0.3 is 20.0 Å². The van der Waals surface area contributed by atoms with Gasteiger partial charge in [0, 0.05) is 29.9 Å². The van der Waals surface area contributed by atoms with E-state index in [-0.39, 0.29) is 11.8 Å². The van der Waals surface area contributed by atoms with Crippen LogP contribution in [-0.2, 0) is 4.79 Å². The number of hydrogen-bond donors (Lipinski definition) is 2. The Balaban J connectivity index is 1.55. The highest BCUT2D eigenvalue weighted by molar-refractivity contribution is 6.34. The first-order chi connectivity index (χ1) is 16.0. The maximum absolute atomic E-state index is 13.7. The van der Waals surface area contributed by atoms with Gasteiger partial charge in [-0.15, -0.1) is 0 Å². The summed E-state index contributed by atoms with van der Waals surface area (Å²) in [6.07, 6.45) is 1.58. The van der Waals surface area contributed by atoms with Crippen LogP contribution in [0, 0.1) is 5.82 Å². The van der Waals surface area contributed by atoms with Crippen LogP contribution in [0.4, 0.5) is 10.1 Å². The number of likely N-dealkylation sites (N-methyl/N-ethyl adjacent to an activating group) is 1. The Morgan fingerprint density at radius 3 is 2.67 bits per heavy atom. The molecule has 0 unspecified atom stereocenters. The zero-order valence-corrected chi connectivity index (χ0v) is 18.7. The van der Waals surface area contributed by atoms with Crippen LogP contribution in [0.5, 0.6) is 0 Å². The van der Waals surface area contributed by atoms with E-state index in [1.54, 1.807) is 24.3 Å². The molecule has 170 valence electrons. The number of rotatable bonds is 8. The molecule has 1 aromatic heterocycles. The van der Waals surface area contributed by atoms with Crippen LogP contribution in [0.25, 0.3) is 23.0 Å². The Hall–Kier alpha value is -3.71. The monoisotopic (exact) mass is 447 g/mol. The molecule has 0 saturated heterocycles. The number of nitrogens with one attached hydrogen (secondary N) is 2. The maximum atomic E-state index is 13.7. The topological polar surface area (TPSA) is 74.6 Å². The quantitative estimate of drug-likeness (QED) is 0.493. The fraction of sp³-hybridized carbons (Fsp3) is 0.231.